The first-order valence-corrected chi connectivity index (χ1v) is 10.5. The van der Waals surface area contributed by atoms with Crippen molar-refractivity contribution in [2.24, 2.45) is 0 Å². The van der Waals surface area contributed by atoms with Crippen molar-refractivity contribution in [3.05, 3.63) is 70.1 Å². The Morgan fingerprint density at radius 3 is 2.60 bits per heavy atom. The van der Waals surface area contributed by atoms with Crippen LogP contribution in [0.3, 0.4) is 0 Å². The number of aromatic nitrogens is 2. The van der Waals surface area contributed by atoms with Gasteiger partial charge in [0.25, 0.3) is 11.5 Å². The Bertz CT molecular complexity index is 1070. The lowest BCUT2D eigenvalue weighted by atomic mass is 10.1. The minimum atomic E-state index is -0.336. The monoisotopic (exact) mass is 407 g/mol. The molecule has 1 aromatic heterocycles. The Morgan fingerprint density at radius 1 is 1.10 bits per heavy atom. The lowest BCUT2D eigenvalue weighted by Crippen LogP contribution is -2.27. The van der Waals surface area contributed by atoms with Crippen LogP contribution in [-0.2, 0) is 17.9 Å². The first kappa shape index (κ1) is 21.7. The molecule has 0 fully saturated rings. The fourth-order valence-electron chi connectivity index (χ4n) is 3.26. The van der Waals surface area contributed by atoms with E-state index in [9.17, 15) is 9.59 Å². The molecule has 6 nitrogen and oxygen atoms in total. The summed E-state index contributed by atoms with van der Waals surface area (Å²) in [5.41, 5.74) is 1.74. The second-order valence-electron chi connectivity index (χ2n) is 7.64. The van der Waals surface area contributed by atoms with Crippen LogP contribution in [0.25, 0.3) is 10.8 Å². The van der Waals surface area contributed by atoms with Crippen molar-refractivity contribution < 1.29 is 9.53 Å². The number of ether oxygens (including phenoxy) is 1. The van der Waals surface area contributed by atoms with Gasteiger partial charge in [0.15, 0.2) is 5.69 Å². The molecule has 0 aliphatic heterocycles. The van der Waals surface area contributed by atoms with Crippen LogP contribution < -0.4 is 10.9 Å². The lowest BCUT2D eigenvalue weighted by molar-refractivity contribution is 0.0657. The average Bonchev–Trinajstić information content (AvgIpc) is 2.74. The van der Waals surface area contributed by atoms with E-state index in [1.165, 1.54) is 4.68 Å². The third kappa shape index (κ3) is 5.33. The molecule has 0 saturated heterocycles. The topological polar surface area (TPSA) is 73.2 Å². The molecular weight excluding hydrogens is 378 g/mol. The molecule has 0 saturated carbocycles. The molecule has 0 atom stereocenters. The molecule has 1 amide bonds. The van der Waals surface area contributed by atoms with Gasteiger partial charge in [0.05, 0.1) is 18.1 Å². The summed E-state index contributed by atoms with van der Waals surface area (Å²) in [5.74, 6) is -0.336. The summed E-state index contributed by atoms with van der Waals surface area (Å²) in [7, 11) is 0. The summed E-state index contributed by atoms with van der Waals surface area (Å²) in [6.07, 6.45) is 3.04. The molecule has 1 heterocycles. The van der Waals surface area contributed by atoms with Gasteiger partial charge in [-0.2, -0.15) is 5.10 Å². The summed E-state index contributed by atoms with van der Waals surface area (Å²) in [4.78, 5) is 25.9. The summed E-state index contributed by atoms with van der Waals surface area (Å²) >= 11 is 0. The number of benzene rings is 2. The fraction of sp³-hybridized carbons (Fsp3) is 0.375. The molecule has 0 aliphatic rings. The van der Waals surface area contributed by atoms with Crippen LogP contribution in [0.5, 0.6) is 0 Å². The van der Waals surface area contributed by atoms with Gasteiger partial charge in [-0.3, -0.25) is 9.59 Å². The minimum Gasteiger partial charge on any atom is -0.374 e. The number of carbonyl (C=O) groups is 1. The SMILES string of the molecule is CCCCCn1nc(C(=O)Nc2cccc(COC(C)C)c2)c2ccccc2c1=O. The number of fused-ring (bicyclic) bond motifs is 1. The van der Waals surface area contributed by atoms with Gasteiger partial charge in [0.2, 0.25) is 0 Å². The summed E-state index contributed by atoms with van der Waals surface area (Å²) in [5, 5.41) is 8.41. The highest BCUT2D eigenvalue weighted by molar-refractivity contribution is 6.11. The lowest BCUT2D eigenvalue weighted by Gasteiger charge is -2.12. The molecule has 0 spiro atoms. The van der Waals surface area contributed by atoms with Crippen molar-refractivity contribution in [1.29, 1.82) is 0 Å². The van der Waals surface area contributed by atoms with Gasteiger partial charge in [-0.05, 0) is 44.0 Å². The molecule has 0 bridgehead atoms. The van der Waals surface area contributed by atoms with E-state index >= 15 is 0 Å². The number of rotatable bonds is 9. The van der Waals surface area contributed by atoms with Gasteiger partial charge in [0.1, 0.15) is 0 Å². The van der Waals surface area contributed by atoms with Crippen LogP contribution in [0.1, 0.15) is 56.1 Å². The second-order valence-corrected chi connectivity index (χ2v) is 7.64. The fourth-order valence-corrected chi connectivity index (χ4v) is 3.26. The Morgan fingerprint density at radius 2 is 1.87 bits per heavy atom. The standard InChI is InChI=1S/C24H29N3O3/c1-4-5-8-14-27-24(29)21-13-7-6-12-20(21)22(26-27)23(28)25-19-11-9-10-18(15-19)16-30-17(2)3/h6-7,9-13,15,17H,4-5,8,14,16H2,1-3H3,(H,25,28). The quantitative estimate of drug-likeness (QED) is 0.519. The molecule has 1 N–H and O–H groups in total. The first-order valence-electron chi connectivity index (χ1n) is 10.5. The van der Waals surface area contributed by atoms with Crippen molar-refractivity contribution in [3.63, 3.8) is 0 Å². The molecule has 3 rings (SSSR count). The van der Waals surface area contributed by atoms with Gasteiger partial charge in [0, 0.05) is 17.6 Å². The summed E-state index contributed by atoms with van der Waals surface area (Å²) in [6, 6.07) is 14.7. The zero-order valence-corrected chi connectivity index (χ0v) is 17.9. The highest BCUT2D eigenvalue weighted by atomic mass is 16.5. The Hall–Kier alpha value is -2.99. The number of nitrogens with zero attached hydrogens (tertiary/aromatic N) is 2. The highest BCUT2D eigenvalue weighted by Crippen LogP contribution is 2.17. The van der Waals surface area contributed by atoms with E-state index in [4.69, 9.17) is 4.74 Å². The molecular formula is C24H29N3O3. The number of anilines is 1. The van der Waals surface area contributed by atoms with Crippen LogP contribution in [0.4, 0.5) is 5.69 Å². The first-order chi connectivity index (χ1) is 14.5. The van der Waals surface area contributed by atoms with Crippen molar-refractivity contribution in [1.82, 2.24) is 9.78 Å². The third-order valence-electron chi connectivity index (χ3n) is 4.82. The number of hydrogen-bond acceptors (Lipinski definition) is 4. The molecule has 6 heteroatoms. The number of amides is 1. The van der Waals surface area contributed by atoms with Crippen LogP contribution in [0.2, 0.25) is 0 Å². The number of aryl methyl sites for hydroxylation is 1. The third-order valence-corrected chi connectivity index (χ3v) is 4.82. The highest BCUT2D eigenvalue weighted by Gasteiger charge is 2.17. The average molecular weight is 408 g/mol. The summed E-state index contributed by atoms with van der Waals surface area (Å²) in [6.45, 7) is 7.05. The van der Waals surface area contributed by atoms with Crippen LogP contribution >= 0.6 is 0 Å². The Labute approximate surface area is 176 Å². The predicted molar refractivity (Wildman–Crippen MR) is 120 cm³/mol. The van der Waals surface area contributed by atoms with E-state index in [0.717, 1.165) is 24.8 Å². The van der Waals surface area contributed by atoms with E-state index in [1.54, 1.807) is 18.2 Å². The molecule has 3 aromatic rings. The van der Waals surface area contributed by atoms with E-state index in [-0.39, 0.29) is 23.3 Å². The van der Waals surface area contributed by atoms with E-state index in [2.05, 4.69) is 17.3 Å². The van der Waals surface area contributed by atoms with Crippen LogP contribution in [0, 0.1) is 0 Å². The number of carbonyl (C=O) groups excluding carboxylic acids is 1. The summed E-state index contributed by atoms with van der Waals surface area (Å²) < 4.78 is 7.06. The smallest absolute Gasteiger partial charge is 0.276 e. The van der Waals surface area contributed by atoms with Crippen molar-refractivity contribution in [3.8, 4) is 0 Å². The molecule has 158 valence electrons. The van der Waals surface area contributed by atoms with Crippen LogP contribution in [-0.4, -0.2) is 21.8 Å². The van der Waals surface area contributed by atoms with Crippen molar-refractivity contribution in [2.45, 2.75) is 59.3 Å². The van der Waals surface area contributed by atoms with E-state index in [0.29, 0.717) is 29.6 Å². The Kier molecular flexibility index (Phi) is 7.36. The largest absolute Gasteiger partial charge is 0.374 e. The molecule has 0 radical (unpaired) electrons. The van der Waals surface area contributed by atoms with Crippen molar-refractivity contribution >= 4 is 22.4 Å². The van der Waals surface area contributed by atoms with Crippen LogP contribution in [0.15, 0.2) is 53.3 Å². The molecule has 2 aromatic carbocycles. The number of unbranched alkanes of at least 4 members (excludes halogenated alkanes) is 2. The minimum absolute atomic E-state index is 0.132. The number of nitrogens with one attached hydrogen (secondary N) is 1. The molecule has 0 aliphatic carbocycles. The number of hydrogen-bond donors (Lipinski definition) is 1. The van der Waals surface area contributed by atoms with Gasteiger partial charge in [-0.25, -0.2) is 4.68 Å². The van der Waals surface area contributed by atoms with Gasteiger partial charge in [-0.1, -0.05) is 50.1 Å². The normalized spacial score (nSPS) is 11.2. The zero-order valence-electron chi connectivity index (χ0n) is 17.9. The maximum absolute atomic E-state index is 13.1. The molecule has 0 unspecified atom stereocenters. The molecule has 30 heavy (non-hydrogen) atoms. The van der Waals surface area contributed by atoms with Gasteiger partial charge < -0.3 is 10.1 Å². The van der Waals surface area contributed by atoms with Gasteiger partial charge >= 0.3 is 0 Å². The maximum Gasteiger partial charge on any atom is 0.276 e. The van der Waals surface area contributed by atoms with Gasteiger partial charge in [-0.15, -0.1) is 0 Å². The van der Waals surface area contributed by atoms with E-state index < -0.39 is 0 Å². The predicted octanol–water partition coefficient (Wildman–Crippen LogP) is 4.76. The Balaban J connectivity index is 1.90. The zero-order chi connectivity index (χ0) is 21.5. The van der Waals surface area contributed by atoms with Crippen molar-refractivity contribution in [2.75, 3.05) is 5.32 Å². The second kappa shape index (κ2) is 10.2. The maximum atomic E-state index is 13.1. The van der Waals surface area contributed by atoms with E-state index in [1.807, 2.05) is 44.2 Å².